The van der Waals surface area contributed by atoms with Crippen LogP contribution in [0.1, 0.15) is 16.2 Å². The van der Waals surface area contributed by atoms with Crippen LogP contribution in [-0.2, 0) is 0 Å². The van der Waals surface area contributed by atoms with E-state index in [0.717, 1.165) is 17.1 Å². The molecule has 128 valence electrons. The van der Waals surface area contributed by atoms with Gasteiger partial charge in [0.15, 0.2) is 5.69 Å². The second-order valence-corrected chi connectivity index (χ2v) is 5.44. The molecule has 3 rings (SSSR count). The molecule has 0 aliphatic rings. The number of amides is 1. The SMILES string of the molecule is COc1cccc(-n2nc(C(=O)Nc3ccccc3OC)cc2C)c1. The number of benzene rings is 2. The lowest BCUT2D eigenvalue weighted by molar-refractivity contribution is 0.102. The number of rotatable bonds is 5. The second-order valence-electron chi connectivity index (χ2n) is 5.44. The van der Waals surface area contributed by atoms with E-state index in [9.17, 15) is 4.79 Å². The van der Waals surface area contributed by atoms with E-state index in [1.807, 2.05) is 43.3 Å². The zero-order valence-corrected chi connectivity index (χ0v) is 14.3. The van der Waals surface area contributed by atoms with E-state index in [2.05, 4.69) is 10.4 Å². The summed E-state index contributed by atoms with van der Waals surface area (Å²) in [5, 5.41) is 7.24. The van der Waals surface area contributed by atoms with Crippen LogP contribution < -0.4 is 14.8 Å². The Balaban J connectivity index is 1.87. The highest BCUT2D eigenvalue weighted by atomic mass is 16.5. The van der Waals surface area contributed by atoms with Gasteiger partial charge in [-0.3, -0.25) is 4.79 Å². The molecule has 6 nitrogen and oxygen atoms in total. The number of ether oxygens (including phenoxy) is 2. The fourth-order valence-corrected chi connectivity index (χ4v) is 2.52. The largest absolute Gasteiger partial charge is 0.497 e. The molecule has 0 saturated carbocycles. The molecule has 0 radical (unpaired) electrons. The minimum atomic E-state index is -0.297. The number of para-hydroxylation sites is 2. The number of methoxy groups -OCH3 is 2. The van der Waals surface area contributed by atoms with Crippen molar-refractivity contribution in [2.75, 3.05) is 19.5 Å². The zero-order chi connectivity index (χ0) is 17.8. The third-order valence-corrected chi connectivity index (χ3v) is 3.77. The first-order valence-electron chi connectivity index (χ1n) is 7.78. The summed E-state index contributed by atoms with van der Waals surface area (Å²) in [6.45, 7) is 1.90. The number of aromatic nitrogens is 2. The molecule has 25 heavy (non-hydrogen) atoms. The Morgan fingerprint density at radius 1 is 1.04 bits per heavy atom. The van der Waals surface area contributed by atoms with Crippen LogP contribution in [0.2, 0.25) is 0 Å². The Morgan fingerprint density at radius 3 is 2.60 bits per heavy atom. The molecule has 0 aliphatic heterocycles. The lowest BCUT2D eigenvalue weighted by atomic mass is 10.2. The second kappa shape index (κ2) is 7.09. The predicted octanol–water partition coefficient (Wildman–Crippen LogP) is 3.45. The molecular formula is C19H19N3O3. The molecule has 0 fully saturated rings. The number of hydrogen-bond donors (Lipinski definition) is 1. The summed E-state index contributed by atoms with van der Waals surface area (Å²) in [5.74, 6) is 1.03. The molecule has 1 amide bonds. The van der Waals surface area contributed by atoms with Crippen molar-refractivity contribution in [2.45, 2.75) is 6.92 Å². The molecule has 0 saturated heterocycles. The number of aryl methyl sites for hydroxylation is 1. The molecule has 2 aromatic carbocycles. The van der Waals surface area contributed by atoms with Crippen LogP contribution in [0, 0.1) is 6.92 Å². The van der Waals surface area contributed by atoms with Crippen molar-refractivity contribution < 1.29 is 14.3 Å². The molecule has 1 aromatic heterocycles. The molecular weight excluding hydrogens is 318 g/mol. The van der Waals surface area contributed by atoms with Crippen LogP contribution in [-0.4, -0.2) is 29.9 Å². The van der Waals surface area contributed by atoms with Crippen molar-refractivity contribution in [3.05, 3.63) is 66.0 Å². The lowest BCUT2D eigenvalue weighted by Gasteiger charge is -2.08. The molecule has 1 N–H and O–H groups in total. The van der Waals surface area contributed by atoms with Crippen LogP contribution in [0.5, 0.6) is 11.5 Å². The first-order valence-corrected chi connectivity index (χ1v) is 7.78. The molecule has 0 atom stereocenters. The van der Waals surface area contributed by atoms with Gasteiger partial charge in [0.2, 0.25) is 0 Å². The predicted molar refractivity (Wildman–Crippen MR) is 95.8 cm³/mol. The van der Waals surface area contributed by atoms with E-state index < -0.39 is 0 Å². The van der Waals surface area contributed by atoms with Crippen molar-refractivity contribution in [2.24, 2.45) is 0 Å². The third-order valence-electron chi connectivity index (χ3n) is 3.77. The van der Waals surface area contributed by atoms with E-state index in [4.69, 9.17) is 9.47 Å². The first kappa shape index (κ1) is 16.6. The quantitative estimate of drug-likeness (QED) is 0.774. The zero-order valence-electron chi connectivity index (χ0n) is 14.3. The smallest absolute Gasteiger partial charge is 0.276 e. The minimum Gasteiger partial charge on any atom is -0.497 e. The average Bonchev–Trinajstić information content (AvgIpc) is 3.04. The van der Waals surface area contributed by atoms with Gasteiger partial charge in [0.1, 0.15) is 11.5 Å². The van der Waals surface area contributed by atoms with Gasteiger partial charge >= 0.3 is 0 Å². The molecule has 0 spiro atoms. The minimum absolute atomic E-state index is 0.297. The topological polar surface area (TPSA) is 65.4 Å². The number of nitrogens with zero attached hydrogens (tertiary/aromatic N) is 2. The summed E-state index contributed by atoms with van der Waals surface area (Å²) >= 11 is 0. The molecule has 0 aliphatic carbocycles. The average molecular weight is 337 g/mol. The van der Waals surface area contributed by atoms with Crippen molar-refractivity contribution in [3.63, 3.8) is 0 Å². The Labute approximate surface area is 146 Å². The highest BCUT2D eigenvalue weighted by Crippen LogP contribution is 2.24. The van der Waals surface area contributed by atoms with Crippen LogP contribution in [0.4, 0.5) is 5.69 Å². The highest BCUT2D eigenvalue weighted by molar-refractivity contribution is 6.03. The van der Waals surface area contributed by atoms with Crippen molar-refractivity contribution >= 4 is 11.6 Å². The van der Waals surface area contributed by atoms with Crippen LogP contribution >= 0.6 is 0 Å². The van der Waals surface area contributed by atoms with E-state index in [1.165, 1.54) is 0 Å². The van der Waals surface area contributed by atoms with Crippen molar-refractivity contribution in [1.82, 2.24) is 9.78 Å². The number of anilines is 1. The van der Waals surface area contributed by atoms with Crippen LogP contribution in [0.3, 0.4) is 0 Å². The Kier molecular flexibility index (Phi) is 4.70. The summed E-state index contributed by atoms with van der Waals surface area (Å²) in [5.41, 5.74) is 2.60. The summed E-state index contributed by atoms with van der Waals surface area (Å²) in [6, 6.07) is 16.5. The van der Waals surface area contributed by atoms with Crippen LogP contribution in [0.25, 0.3) is 5.69 Å². The van der Waals surface area contributed by atoms with Gasteiger partial charge < -0.3 is 14.8 Å². The van der Waals surface area contributed by atoms with E-state index in [0.29, 0.717) is 17.1 Å². The Morgan fingerprint density at radius 2 is 1.84 bits per heavy atom. The molecule has 0 bridgehead atoms. The van der Waals surface area contributed by atoms with E-state index in [-0.39, 0.29) is 5.91 Å². The molecule has 0 unspecified atom stereocenters. The van der Waals surface area contributed by atoms with Gasteiger partial charge in [-0.1, -0.05) is 18.2 Å². The first-order chi connectivity index (χ1) is 12.1. The maximum Gasteiger partial charge on any atom is 0.276 e. The van der Waals surface area contributed by atoms with Gasteiger partial charge in [-0.05, 0) is 37.3 Å². The van der Waals surface area contributed by atoms with Crippen molar-refractivity contribution in [1.29, 1.82) is 0 Å². The summed E-state index contributed by atoms with van der Waals surface area (Å²) < 4.78 is 12.2. The molecule has 6 heteroatoms. The Hall–Kier alpha value is -3.28. The number of hydrogen-bond acceptors (Lipinski definition) is 4. The lowest BCUT2D eigenvalue weighted by Crippen LogP contribution is -2.13. The molecule has 3 aromatic rings. The van der Waals surface area contributed by atoms with Gasteiger partial charge in [-0.25, -0.2) is 4.68 Å². The molecule has 1 heterocycles. The maximum absolute atomic E-state index is 12.5. The number of carbonyl (C=O) groups excluding carboxylic acids is 1. The van der Waals surface area contributed by atoms with E-state index in [1.54, 1.807) is 37.1 Å². The summed E-state index contributed by atoms with van der Waals surface area (Å²) in [6.07, 6.45) is 0. The normalized spacial score (nSPS) is 10.4. The van der Waals surface area contributed by atoms with E-state index >= 15 is 0 Å². The van der Waals surface area contributed by atoms with Gasteiger partial charge in [0.05, 0.1) is 25.6 Å². The third kappa shape index (κ3) is 3.47. The van der Waals surface area contributed by atoms with Gasteiger partial charge in [0, 0.05) is 11.8 Å². The van der Waals surface area contributed by atoms with Crippen LogP contribution in [0.15, 0.2) is 54.6 Å². The fraction of sp³-hybridized carbons (Fsp3) is 0.158. The van der Waals surface area contributed by atoms with Gasteiger partial charge in [0.25, 0.3) is 5.91 Å². The monoisotopic (exact) mass is 337 g/mol. The fourth-order valence-electron chi connectivity index (χ4n) is 2.52. The number of carbonyl (C=O) groups is 1. The van der Waals surface area contributed by atoms with Crippen molar-refractivity contribution in [3.8, 4) is 17.2 Å². The standard InChI is InChI=1S/C19H19N3O3/c1-13-11-17(19(23)20-16-9-4-5-10-18(16)25-3)21-22(13)14-7-6-8-15(12-14)24-2/h4-12H,1-3H3,(H,20,23). The maximum atomic E-state index is 12.5. The number of nitrogens with one attached hydrogen (secondary N) is 1. The highest BCUT2D eigenvalue weighted by Gasteiger charge is 2.15. The summed E-state index contributed by atoms with van der Waals surface area (Å²) in [7, 11) is 3.17. The Bertz CT molecular complexity index is 902. The van der Waals surface area contributed by atoms with Gasteiger partial charge in [-0.15, -0.1) is 0 Å². The van der Waals surface area contributed by atoms with Gasteiger partial charge in [-0.2, -0.15) is 5.10 Å². The summed E-state index contributed by atoms with van der Waals surface area (Å²) in [4.78, 5) is 12.5.